The van der Waals surface area contributed by atoms with Crippen molar-refractivity contribution < 1.29 is 9.84 Å². The smallest absolute Gasteiger partial charge is 0.261 e. The second kappa shape index (κ2) is 6.20. The first-order chi connectivity index (χ1) is 12.6. The second-order valence-electron chi connectivity index (χ2n) is 6.04. The molecule has 0 fully saturated rings. The largest absolute Gasteiger partial charge is 0.491 e. The summed E-state index contributed by atoms with van der Waals surface area (Å²) in [6.45, 7) is 2.06. The number of aryl methyl sites for hydroxylation is 1. The molecule has 0 aliphatic rings. The Hall–Kier alpha value is -3.32. The number of rotatable bonds is 4. The van der Waals surface area contributed by atoms with Crippen LogP contribution in [0.15, 0.2) is 47.3 Å². The number of benzene rings is 2. The van der Waals surface area contributed by atoms with Crippen LogP contribution in [0.1, 0.15) is 5.56 Å². The summed E-state index contributed by atoms with van der Waals surface area (Å²) in [5, 5.41) is 14.8. The van der Waals surface area contributed by atoms with Gasteiger partial charge in [-0.25, -0.2) is 4.68 Å². The van der Waals surface area contributed by atoms with Crippen molar-refractivity contribution in [2.75, 3.05) is 18.9 Å². The molecular weight excluding hydrogens is 332 g/mol. The van der Waals surface area contributed by atoms with Gasteiger partial charge in [0.05, 0.1) is 17.8 Å². The third-order valence-corrected chi connectivity index (χ3v) is 4.35. The first-order valence-electron chi connectivity index (χ1n) is 8.24. The Morgan fingerprint density at radius 3 is 2.88 bits per heavy atom. The van der Waals surface area contributed by atoms with E-state index in [9.17, 15) is 4.79 Å². The zero-order valence-corrected chi connectivity index (χ0v) is 14.2. The Bertz CT molecular complexity index is 1180. The molecule has 0 amide bonds. The summed E-state index contributed by atoms with van der Waals surface area (Å²) in [4.78, 5) is 15.4. The van der Waals surface area contributed by atoms with Gasteiger partial charge in [-0.05, 0) is 24.6 Å². The number of aromatic nitrogens is 3. The number of pyridine rings is 1. The van der Waals surface area contributed by atoms with Gasteiger partial charge in [0.25, 0.3) is 5.56 Å². The van der Waals surface area contributed by atoms with Gasteiger partial charge in [-0.1, -0.05) is 24.3 Å². The van der Waals surface area contributed by atoms with E-state index in [1.165, 1.54) is 0 Å². The minimum absolute atomic E-state index is 0.0711. The molecule has 0 unspecified atom stereocenters. The lowest BCUT2D eigenvalue weighted by molar-refractivity contribution is 0.201. The highest BCUT2D eigenvalue weighted by Gasteiger charge is 2.17. The van der Waals surface area contributed by atoms with Gasteiger partial charge in [-0.3, -0.25) is 4.79 Å². The molecule has 4 rings (SSSR count). The van der Waals surface area contributed by atoms with Crippen LogP contribution in [-0.4, -0.2) is 33.1 Å². The minimum atomic E-state index is -0.271. The Labute approximate surface area is 148 Å². The third kappa shape index (κ3) is 2.49. The molecule has 0 aliphatic heterocycles. The summed E-state index contributed by atoms with van der Waals surface area (Å²) < 4.78 is 7.04. The van der Waals surface area contributed by atoms with Crippen molar-refractivity contribution >= 4 is 27.6 Å². The predicted octanol–water partition coefficient (Wildman–Crippen LogP) is 2.13. The van der Waals surface area contributed by atoms with Crippen LogP contribution in [0, 0.1) is 6.92 Å². The number of nitrogens with zero attached hydrogens (tertiary/aromatic N) is 2. The van der Waals surface area contributed by atoms with Crippen LogP contribution in [0.4, 0.5) is 5.82 Å². The lowest BCUT2D eigenvalue weighted by atomic mass is 10.1. The van der Waals surface area contributed by atoms with E-state index in [-0.39, 0.29) is 24.6 Å². The SMILES string of the molecule is Cc1ccc(OCCO)cc1-n1nc2c(c1N)c(=O)[nH]c1ccccc12. The molecule has 0 saturated carbocycles. The van der Waals surface area contributed by atoms with Gasteiger partial charge in [0.15, 0.2) is 0 Å². The van der Waals surface area contributed by atoms with Crippen LogP contribution in [0.25, 0.3) is 27.5 Å². The fourth-order valence-electron chi connectivity index (χ4n) is 3.08. The van der Waals surface area contributed by atoms with Crippen molar-refractivity contribution in [2.45, 2.75) is 6.92 Å². The molecule has 2 aromatic carbocycles. The number of fused-ring (bicyclic) bond motifs is 3. The van der Waals surface area contributed by atoms with E-state index in [2.05, 4.69) is 10.1 Å². The number of hydrogen-bond donors (Lipinski definition) is 3. The van der Waals surface area contributed by atoms with Crippen molar-refractivity contribution in [3.05, 3.63) is 58.4 Å². The molecule has 4 aromatic rings. The highest BCUT2D eigenvalue weighted by molar-refractivity contribution is 6.06. The van der Waals surface area contributed by atoms with Crippen LogP contribution in [0.2, 0.25) is 0 Å². The molecule has 0 saturated heterocycles. The third-order valence-electron chi connectivity index (χ3n) is 4.35. The van der Waals surface area contributed by atoms with Crippen molar-refractivity contribution in [3.8, 4) is 11.4 Å². The number of anilines is 1. The average molecular weight is 350 g/mol. The van der Waals surface area contributed by atoms with Gasteiger partial charge in [0.2, 0.25) is 0 Å². The molecule has 0 atom stereocenters. The summed E-state index contributed by atoms with van der Waals surface area (Å²) in [5.74, 6) is 0.867. The number of ether oxygens (including phenoxy) is 1. The van der Waals surface area contributed by atoms with Crippen LogP contribution < -0.4 is 16.0 Å². The highest BCUT2D eigenvalue weighted by Crippen LogP contribution is 2.29. The minimum Gasteiger partial charge on any atom is -0.491 e. The molecule has 0 radical (unpaired) electrons. The fourth-order valence-corrected chi connectivity index (χ4v) is 3.08. The molecule has 0 spiro atoms. The van der Waals surface area contributed by atoms with E-state index < -0.39 is 0 Å². The van der Waals surface area contributed by atoms with Crippen molar-refractivity contribution in [3.63, 3.8) is 0 Å². The van der Waals surface area contributed by atoms with Gasteiger partial charge < -0.3 is 20.6 Å². The molecule has 7 heteroatoms. The van der Waals surface area contributed by atoms with E-state index >= 15 is 0 Å². The number of para-hydroxylation sites is 1. The van der Waals surface area contributed by atoms with E-state index in [0.717, 1.165) is 16.6 Å². The first-order valence-corrected chi connectivity index (χ1v) is 8.24. The molecule has 2 aromatic heterocycles. The molecular formula is C19H18N4O3. The van der Waals surface area contributed by atoms with E-state index in [1.54, 1.807) is 10.7 Å². The molecule has 4 N–H and O–H groups in total. The molecule has 7 nitrogen and oxygen atoms in total. The number of H-pyrrole nitrogens is 1. The van der Waals surface area contributed by atoms with Crippen LogP contribution in [0.3, 0.4) is 0 Å². The number of aliphatic hydroxyl groups is 1. The van der Waals surface area contributed by atoms with E-state index in [0.29, 0.717) is 22.2 Å². The molecule has 2 heterocycles. The monoisotopic (exact) mass is 350 g/mol. The van der Waals surface area contributed by atoms with Crippen molar-refractivity contribution in [1.82, 2.24) is 14.8 Å². The summed E-state index contributed by atoms with van der Waals surface area (Å²) >= 11 is 0. The van der Waals surface area contributed by atoms with Gasteiger partial charge in [0.1, 0.15) is 29.1 Å². The maximum absolute atomic E-state index is 12.5. The maximum atomic E-state index is 12.5. The predicted molar refractivity (Wildman–Crippen MR) is 101 cm³/mol. The first kappa shape index (κ1) is 16.2. The number of nitrogen functional groups attached to an aromatic ring is 1. The lowest BCUT2D eigenvalue weighted by Gasteiger charge is -2.11. The second-order valence-corrected chi connectivity index (χ2v) is 6.04. The van der Waals surface area contributed by atoms with Crippen molar-refractivity contribution in [2.24, 2.45) is 0 Å². The number of aromatic amines is 1. The normalized spacial score (nSPS) is 11.3. The highest BCUT2D eigenvalue weighted by atomic mass is 16.5. The Morgan fingerprint density at radius 1 is 1.27 bits per heavy atom. The number of nitrogens with one attached hydrogen (secondary N) is 1. The Kier molecular flexibility index (Phi) is 3.85. The average Bonchev–Trinajstić information content (AvgIpc) is 2.99. The number of hydrogen-bond acceptors (Lipinski definition) is 5. The summed E-state index contributed by atoms with van der Waals surface area (Å²) in [7, 11) is 0. The Morgan fingerprint density at radius 2 is 2.08 bits per heavy atom. The molecule has 0 aliphatic carbocycles. The lowest BCUT2D eigenvalue weighted by Crippen LogP contribution is -2.09. The maximum Gasteiger partial charge on any atom is 0.261 e. The van der Waals surface area contributed by atoms with Gasteiger partial charge in [0, 0.05) is 11.5 Å². The molecule has 26 heavy (non-hydrogen) atoms. The van der Waals surface area contributed by atoms with Crippen molar-refractivity contribution in [1.29, 1.82) is 0 Å². The number of aliphatic hydroxyl groups excluding tert-OH is 1. The van der Waals surface area contributed by atoms with Gasteiger partial charge in [-0.15, -0.1) is 0 Å². The quantitative estimate of drug-likeness (QED) is 0.523. The summed E-state index contributed by atoms with van der Waals surface area (Å²) in [6, 6.07) is 13.0. The topological polar surface area (TPSA) is 106 Å². The summed E-state index contributed by atoms with van der Waals surface area (Å²) in [5.41, 5.74) is 8.94. The van der Waals surface area contributed by atoms with Crippen LogP contribution >= 0.6 is 0 Å². The fraction of sp³-hybridized carbons (Fsp3) is 0.158. The zero-order chi connectivity index (χ0) is 18.3. The van der Waals surface area contributed by atoms with Gasteiger partial charge in [-0.2, -0.15) is 5.10 Å². The van der Waals surface area contributed by atoms with Crippen LogP contribution in [-0.2, 0) is 0 Å². The Balaban J connectivity index is 1.98. The summed E-state index contributed by atoms with van der Waals surface area (Å²) in [6.07, 6.45) is 0. The van der Waals surface area contributed by atoms with E-state index in [4.69, 9.17) is 15.6 Å². The molecule has 132 valence electrons. The van der Waals surface area contributed by atoms with Crippen LogP contribution in [0.5, 0.6) is 5.75 Å². The van der Waals surface area contributed by atoms with E-state index in [1.807, 2.05) is 43.3 Å². The standard InChI is InChI=1S/C19H18N4O3/c1-11-6-7-12(26-9-8-24)10-15(11)23-18(20)16-17(22-23)13-4-2-3-5-14(13)21-19(16)25/h2-7,10,24H,8-9,20H2,1H3,(H,21,25). The molecule has 0 bridgehead atoms. The van der Waals surface area contributed by atoms with Gasteiger partial charge >= 0.3 is 0 Å². The number of nitrogens with two attached hydrogens (primary N) is 1. The zero-order valence-electron chi connectivity index (χ0n) is 14.2.